The van der Waals surface area contributed by atoms with Crippen LogP contribution in [0.15, 0.2) is 34.9 Å². The minimum atomic E-state index is -0.993. The van der Waals surface area contributed by atoms with Crippen LogP contribution in [-0.4, -0.2) is 34.5 Å². The minimum absolute atomic E-state index is 0.0530. The van der Waals surface area contributed by atoms with E-state index in [4.69, 9.17) is 9.52 Å². The molecule has 2 aromatic rings. The lowest BCUT2D eigenvalue weighted by molar-refractivity contribution is -0.137. The van der Waals surface area contributed by atoms with E-state index in [1.807, 2.05) is 12.1 Å². The molecule has 1 aromatic carbocycles. The molecule has 1 saturated carbocycles. The van der Waals surface area contributed by atoms with Gasteiger partial charge in [-0.25, -0.2) is 0 Å². The van der Waals surface area contributed by atoms with Gasteiger partial charge in [0.15, 0.2) is 0 Å². The van der Waals surface area contributed by atoms with E-state index < -0.39 is 5.97 Å². The highest BCUT2D eigenvalue weighted by atomic mass is 16.4. The van der Waals surface area contributed by atoms with Gasteiger partial charge in [-0.15, -0.1) is 0 Å². The molecule has 0 spiro atoms. The monoisotopic (exact) mass is 259 g/mol. The molecule has 0 atom stereocenters. The number of rotatable bonds is 4. The van der Waals surface area contributed by atoms with Crippen LogP contribution in [0.2, 0.25) is 0 Å². The van der Waals surface area contributed by atoms with Crippen molar-refractivity contribution in [1.29, 1.82) is 0 Å². The molecule has 1 aliphatic rings. The maximum atomic E-state index is 12.4. The number of nitrogens with zero attached hydrogens (tertiary/aromatic N) is 1. The van der Waals surface area contributed by atoms with E-state index in [1.165, 1.54) is 11.2 Å². The number of para-hydroxylation sites is 1. The maximum absolute atomic E-state index is 12.4. The second-order valence-electron chi connectivity index (χ2n) is 4.70. The highest BCUT2D eigenvalue weighted by Gasteiger charge is 2.35. The van der Waals surface area contributed by atoms with Crippen LogP contribution >= 0.6 is 0 Å². The van der Waals surface area contributed by atoms with Crippen molar-refractivity contribution in [3.05, 3.63) is 36.1 Å². The zero-order valence-electron chi connectivity index (χ0n) is 10.2. The van der Waals surface area contributed by atoms with Crippen LogP contribution in [0.3, 0.4) is 0 Å². The third kappa shape index (κ3) is 2.19. The fourth-order valence-corrected chi connectivity index (χ4v) is 2.20. The number of furan rings is 1. The number of benzene rings is 1. The summed E-state index contributed by atoms with van der Waals surface area (Å²) in [5, 5.41) is 9.63. The summed E-state index contributed by atoms with van der Waals surface area (Å²) in [6.07, 6.45) is 3.15. The molecule has 0 aliphatic heterocycles. The van der Waals surface area contributed by atoms with Gasteiger partial charge in [0.25, 0.3) is 5.91 Å². The predicted octanol–water partition coefficient (Wildman–Crippen LogP) is 2.12. The number of fused-ring (bicyclic) bond motifs is 1. The van der Waals surface area contributed by atoms with Crippen molar-refractivity contribution in [2.24, 2.45) is 0 Å². The number of hydrogen-bond donors (Lipinski definition) is 1. The van der Waals surface area contributed by atoms with Crippen molar-refractivity contribution in [1.82, 2.24) is 4.90 Å². The van der Waals surface area contributed by atoms with Gasteiger partial charge in [0.2, 0.25) is 0 Å². The van der Waals surface area contributed by atoms with E-state index in [-0.39, 0.29) is 18.5 Å². The SMILES string of the molecule is O=C(O)CN(C(=O)c1coc2ccccc12)C1CC1. The summed E-state index contributed by atoms with van der Waals surface area (Å²) in [4.78, 5) is 24.7. The van der Waals surface area contributed by atoms with Crippen LogP contribution in [0.4, 0.5) is 0 Å². The standard InChI is InChI=1S/C14H13NO4/c16-13(17)7-15(9-5-6-9)14(18)11-8-19-12-4-2-1-3-10(11)12/h1-4,8-9H,5-7H2,(H,16,17). The first-order valence-electron chi connectivity index (χ1n) is 6.16. The van der Waals surface area contributed by atoms with Gasteiger partial charge in [-0.1, -0.05) is 18.2 Å². The Kier molecular flexibility index (Phi) is 2.74. The normalized spacial score (nSPS) is 14.5. The molecule has 0 bridgehead atoms. The number of amides is 1. The fraction of sp³-hybridized carbons (Fsp3) is 0.286. The number of carboxylic acid groups (broad SMARTS) is 1. The predicted molar refractivity (Wildman–Crippen MR) is 67.9 cm³/mol. The Morgan fingerprint density at radius 1 is 1.32 bits per heavy atom. The van der Waals surface area contributed by atoms with Crippen LogP contribution in [0.5, 0.6) is 0 Å². The third-order valence-electron chi connectivity index (χ3n) is 3.27. The Hall–Kier alpha value is -2.30. The summed E-state index contributed by atoms with van der Waals surface area (Å²) < 4.78 is 5.33. The molecule has 5 heteroatoms. The van der Waals surface area contributed by atoms with Gasteiger partial charge in [0, 0.05) is 11.4 Å². The Bertz CT molecular complexity index is 642. The Balaban J connectivity index is 1.95. The Labute approximate surface area is 109 Å². The molecule has 5 nitrogen and oxygen atoms in total. The largest absolute Gasteiger partial charge is 0.480 e. The van der Waals surface area contributed by atoms with E-state index in [2.05, 4.69) is 0 Å². The molecular weight excluding hydrogens is 246 g/mol. The first-order chi connectivity index (χ1) is 9.16. The molecule has 1 aromatic heterocycles. The molecule has 98 valence electrons. The van der Waals surface area contributed by atoms with E-state index in [9.17, 15) is 9.59 Å². The second-order valence-corrected chi connectivity index (χ2v) is 4.70. The van der Waals surface area contributed by atoms with E-state index in [1.54, 1.807) is 12.1 Å². The summed E-state index contributed by atoms with van der Waals surface area (Å²) in [6, 6.07) is 7.30. The van der Waals surface area contributed by atoms with Crippen LogP contribution in [0, 0.1) is 0 Å². The molecule has 0 saturated heterocycles. The van der Waals surface area contributed by atoms with Gasteiger partial charge in [-0.3, -0.25) is 9.59 Å². The van der Waals surface area contributed by atoms with Gasteiger partial charge in [0.1, 0.15) is 18.4 Å². The topological polar surface area (TPSA) is 70.8 Å². The molecule has 0 radical (unpaired) electrons. The van der Waals surface area contributed by atoms with E-state index in [0.717, 1.165) is 18.2 Å². The van der Waals surface area contributed by atoms with E-state index in [0.29, 0.717) is 11.1 Å². The summed E-state index contributed by atoms with van der Waals surface area (Å²) in [6.45, 7) is -0.261. The maximum Gasteiger partial charge on any atom is 0.323 e. The number of carbonyl (C=O) groups is 2. The van der Waals surface area contributed by atoms with Crippen molar-refractivity contribution in [3.63, 3.8) is 0 Å². The molecule has 0 unspecified atom stereocenters. The van der Waals surface area contributed by atoms with Gasteiger partial charge < -0.3 is 14.4 Å². The lowest BCUT2D eigenvalue weighted by atomic mass is 10.1. The van der Waals surface area contributed by atoms with Crippen LogP contribution in [0.1, 0.15) is 23.2 Å². The number of hydrogen-bond acceptors (Lipinski definition) is 3. The van der Waals surface area contributed by atoms with Crippen molar-refractivity contribution < 1.29 is 19.1 Å². The summed E-state index contributed by atoms with van der Waals surface area (Å²) >= 11 is 0. The lowest BCUT2D eigenvalue weighted by Gasteiger charge is -2.19. The lowest BCUT2D eigenvalue weighted by Crippen LogP contribution is -2.37. The van der Waals surface area contributed by atoms with Gasteiger partial charge >= 0.3 is 5.97 Å². The number of carboxylic acids is 1. The Morgan fingerprint density at radius 3 is 2.74 bits per heavy atom. The highest BCUT2D eigenvalue weighted by molar-refractivity contribution is 6.06. The molecule has 19 heavy (non-hydrogen) atoms. The van der Waals surface area contributed by atoms with Crippen LogP contribution in [-0.2, 0) is 4.79 Å². The van der Waals surface area contributed by atoms with Gasteiger partial charge in [-0.05, 0) is 18.9 Å². The third-order valence-corrected chi connectivity index (χ3v) is 3.27. The zero-order valence-corrected chi connectivity index (χ0v) is 10.2. The average molecular weight is 259 g/mol. The van der Waals surface area contributed by atoms with Crippen molar-refractivity contribution in [2.75, 3.05) is 6.54 Å². The highest BCUT2D eigenvalue weighted by Crippen LogP contribution is 2.30. The minimum Gasteiger partial charge on any atom is -0.480 e. The zero-order chi connectivity index (χ0) is 13.4. The smallest absolute Gasteiger partial charge is 0.323 e. The molecule has 1 fully saturated rings. The molecule has 1 N–H and O–H groups in total. The fourth-order valence-electron chi connectivity index (χ4n) is 2.20. The van der Waals surface area contributed by atoms with Gasteiger partial charge in [-0.2, -0.15) is 0 Å². The van der Waals surface area contributed by atoms with Crippen LogP contribution < -0.4 is 0 Å². The average Bonchev–Trinajstić information content (AvgIpc) is 3.14. The number of carbonyl (C=O) groups excluding carboxylic acids is 1. The molecule has 3 rings (SSSR count). The summed E-state index contributed by atoms with van der Waals surface area (Å²) in [7, 11) is 0. The quantitative estimate of drug-likeness (QED) is 0.913. The van der Waals surface area contributed by atoms with Crippen molar-refractivity contribution in [2.45, 2.75) is 18.9 Å². The van der Waals surface area contributed by atoms with Crippen molar-refractivity contribution in [3.8, 4) is 0 Å². The molecule has 1 amide bonds. The summed E-state index contributed by atoms with van der Waals surface area (Å²) in [5.74, 6) is -1.26. The number of aliphatic carboxylic acids is 1. The van der Waals surface area contributed by atoms with Crippen molar-refractivity contribution >= 4 is 22.8 Å². The summed E-state index contributed by atoms with van der Waals surface area (Å²) in [5.41, 5.74) is 1.07. The second kappa shape index (κ2) is 4.42. The molecule has 1 aliphatic carbocycles. The molecule has 1 heterocycles. The first-order valence-corrected chi connectivity index (χ1v) is 6.16. The van der Waals surface area contributed by atoms with E-state index >= 15 is 0 Å². The van der Waals surface area contributed by atoms with Crippen LogP contribution in [0.25, 0.3) is 11.0 Å². The first kappa shape index (κ1) is 11.8. The van der Waals surface area contributed by atoms with Gasteiger partial charge in [0.05, 0.1) is 5.56 Å². The molecular formula is C14H13NO4. The Morgan fingerprint density at radius 2 is 2.05 bits per heavy atom.